The second-order valence-corrected chi connectivity index (χ2v) is 15.0. The van der Waals surface area contributed by atoms with Crippen molar-refractivity contribution in [1.29, 1.82) is 0 Å². The molecule has 5 heteroatoms. The van der Waals surface area contributed by atoms with Crippen molar-refractivity contribution in [2.24, 2.45) is 5.92 Å². The van der Waals surface area contributed by atoms with Gasteiger partial charge in [-0.2, -0.15) is 0 Å². The van der Waals surface area contributed by atoms with E-state index in [1.807, 2.05) is 25.7 Å². The topological polar surface area (TPSA) is 42.0 Å². The molecule has 5 nitrogen and oxygen atoms in total. The summed E-state index contributed by atoms with van der Waals surface area (Å²) in [6, 6.07) is 31.1. The molecule has 256 valence electrons. The third kappa shape index (κ3) is 12.1. The number of hydrogen-bond acceptors (Lipinski definition) is 4. The molecule has 1 aliphatic carbocycles. The van der Waals surface area contributed by atoms with E-state index in [9.17, 15) is 4.79 Å². The monoisotopic (exact) mass is 640 g/mol. The van der Waals surface area contributed by atoms with Gasteiger partial charge in [0.2, 0.25) is 0 Å². The summed E-state index contributed by atoms with van der Waals surface area (Å²) in [7, 11) is 0. The predicted octanol–water partition coefficient (Wildman–Crippen LogP) is 10.1. The van der Waals surface area contributed by atoms with Crippen molar-refractivity contribution in [2.45, 2.75) is 136 Å². The lowest BCUT2D eigenvalue weighted by Gasteiger charge is -2.43. The molecular formula is C42H60N2O3. The summed E-state index contributed by atoms with van der Waals surface area (Å²) in [5, 5.41) is 0. The number of carbonyl (C=O) groups is 1. The fourth-order valence-electron chi connectivity index (χ4n) is 7.22. The second-order valence-electron chi connectivity index (χ2n) is 15.0. The van der Waals surface area contributed by atoms with Crippen molar-refractivity contribution < 1.29 is 14.3 Å². The highest BCUT2D eigenvalue weighted by molar-refractivity contribution is 5.69. The number of likely N-dealkylation sites (tertiary alicyclic amines) is 1. The molecule has 1 aliphatic heterocycles. The summed E-state index contributed by atoms with van der Waals surface area (Å²) in [6.45, 7) is 17.2. The Morgan fingerprint density at radius 2 is 1.21 bits per heavy atom. The van der Waals surface area contributed by atoms with Crippen LogP contribution in [0.1, 0.15) is 102 Å². The molecule has 1 heterocycles. The minimum absolute atomic E-state index is 0.178. The van der Waals surface area contributed by atoms with E-state index in [-0.39, 0.29) is 18.2 Å². The van der Waals surface area contributed by atoms with E-state index in [1.165, 1.54) is 35.1 Å². The van der Waals surface area contributed by atoms with Gasteiger partial charge in [-0.05, 0) is 122 Å². The number of hydrogen-bond donors (Lipinski definition) is 0. The Labute approximate surface area is 285 Å². The zero-order valence-corrected chi connectivity index (χ0v) is 30.2. The second kappa shape index (κ2) is 17.8. The highest BCUT2D eigenvalue weighted by Crippen LogP contribution is 2.32. The molecule has 1 saturated heterocycles. The molecule has 5 rings (SSSR count). The Hall–Kier alpha value is -3.15. The fraction of sp³-hybridized carbons (Fsp3) is 0.548. The molecule has 3 aromatic carbocycles. The van der Waals surface area contributed by atoms with Gasteiger partial charge in [0.25, 0.3) is 0 Å². The van der Waals surface area contributed by atoms with E-state index < -0.39 is 5.60 Å². The number of amides is 1. The van der Waals surface area contributed by atoms with Crippen LogP contribution in [-0.4, -0.2) is 52.3 Å². The highest BCUT2D eigenvalue weighted by atomic mass is 16.6. The molecule has 2 aliphatic rings. The quantitative estimate of drug-likeness (QED) is 0.233. The molecule has 0 N–H and O–H groups in total. The van der Waals surface area contributed by atoms with Crippen LogP contribution in [0.3, 0.4) is 0 Å². The Morgan fingerprint density at radius 1 is 0.745 bits per heavy atom. The van der Waals surface area contributed by atoms with Gasteiger partial charge < -0.3 is 14.4 Å². The molecule has 0 radical (unpaired) electrons. The molecular weight excluding hydrogens is 580 g/mol. The Bertz CT molecular complexity index is 1260. The summed E-state index contributed by atoms with van der Waals surface area (Å²) < 4.78 is 12.1. The van der Waals surface area contributed by atoms with E-state index in [2.05, 4.69) is 118 Å². The first-order valence-corrected chi connectivity index (χ1v) is 18.0. The first kappa shape index (κ1) is 36.7. The van der Waals surface area contributed by atoms with Gasteiger partial charge in [-0.3, -0.25) is 4.90 Å². The minimum Gasteiger partial charge on any atom is -0.444 e. The third-order valence-corrected chi connectivity index (χ3v) is 9.83. The zero-order chi connectivity index (χ0) is 33.8. The van der Waals surface area contributed by atoms with E-state index in [4.69, 9.17) is 9.47 Å². The lowest BCUT2D eigenvalue weighted by molar-refractivity contribution is -0.0202. The molecule has 0 bridgehead atoms. The van der Waals surface area contributed by atoms with Crippen LogP contribution in [0.5, 0.6) is 0 Å². The summed E-state index contributed by atoms with van der Waals surface area (Å²) in [4.78, 5) is 17.3. The first-order valence-electron chi connectivity index (χ1n) is 18.0. The lowest BCUT2D eigenvalue weighted by Crippen LogP contribution is -2.51. The smallest absolute Gasteiger partial charge is 0.410 e. The van der Waals surface area contributed by atoms with Gasteiger partial charge >= 0.3 is 6.09 Å². The van der Waals surface area contributed by atoms with Crippen LogP contribution < -0.4 is 0 Å². The first-order chi connectivity index (χ1) is 22.5. The predicted molar refractivity (Wildman–Crippen MR) is 194 cm³/mol. The molecule has 0 aromatic heterocycles. The van der Waals surface area contributed by atoms with Crippen molar-refractivity contribution in [3.8, 4) is 0 Å². The zero-order valence-electron chi connectivity index (χ0n) is 30.2. The lowest BCUT2D eigenvalue weighted by atomic mass is 9.85. The maximum atomic E-state index is 12.7. The molecule has 47 heavy (non-hydrogen) atoms. The van der Waals surface area contributed by atoms with Gasteiger partial charge in [0.05, 0.1) is 6.10 Å². The molecule has 3 atom stereocenters. The van der Waals surface area contributed by atoms with E-state index >= 15 is 0 Å². The number of rotatable bonds is 9. The molecule has 3 aromatic rings. The van der Waals surface area contributed by atoms with E-state index in [0.29, 0.717) is 18.1 Å². The highest BCUT2D eigenvalue weighted by Gasteiger charge is 2.36. The summed E-state index contributed by atoms with van der Waals surface area (Å²) in [6.07, 6.45) is 7.95. The van der Waals surface area contributed by atoms with Gasteiger partial charge in [0.1, 0.15) is 5.60 Å². The number of ether oxygens (including phenoxy) is 2. The fourth-order valence-corrected chi connectivity index (χ4v) is 7.22. The summed E-state index contributed by atoms with van der Waals surface area (Å²) in [5.74, 6) is 0.595. The van der Waals surface area contributed by atoms with Crippen molar-refractivity contribution in [3.63, 3.8) is 0 Å². The molecule has 1 saturated carbocycles. The van der Waals surface area contributed by atoms with Gasteiger partial charge in [-0.15, -0.1) is 0 Å². The minimum atomic E-state index is -0.458. The van der Waals surface area contributed by atoms with Gasteiger partial charge in [0, 0.05) is 37.8 Å². The molecule has 2 fully saturated rings. The van der Waals surface area contributed by atoms with Crippen LogP contribution in [0, 0.1) is 19.8 Å². The van der Waals surface area contributed by atoms with Crippen LogP contribution in [-0.2, 0) is 22.6 Å². The van der Waals surface area contributed by atoms with Crippen LogP contribution >= 0.6 is 0 Å². The number of piperidine rings is 1. The largest absolute Gasteiger partial charge is 0.444 e. The van der Waals surface area contributed by atoms with Crippen molar-refractivity contribution >= 4 is 6.09 Å². The Balaban J connectivity index is 0.000000546. The van der Waals surface area contributed by atoms with Gasteiger partial charge in [-0.25, -0.2) is 4.79 Å². The van der Waals surface area contributed by atoms with E-state index in [0.717, 1.165) is 51.8 Å². The molecule has 0 spiro atoms. The van der Waals surface area contributed by atoms with Crippen molar-refractivity contribution in [3.05, 3.63) is 107 Å². The SMILES string of the molecule is C[C@@H]1CC(CCOC2CCC(N(Cc3ccccc3)Cc3ccccc3)CC2)C[C@H](C)N1C(=O)OC(C)(C)C.Cc1ccccc1C. The maximum Gasteiger partial charge on any atom is 0.410 e. The number of nitrogens with zero attached hydrogens (tertiary/aromatic N) is 2. The third-order valence-electron chi connectivity index (χ3n) is 9.83. The Morgan fingerprint density at radius 3 is 1.66 bits per heavy atom. The Kier molecular flexibility index (Phi) is 13.9. The van der Waals surface area contributed by atoms with Crippen molar-refractivity contribution in [2.75, 3.05) is 6.61 Å². The number of carbonyl (C=O) groups excluding carboxylic acids is 1. The standard InChI is InChI=1S/C34H50N2O3.C8H10/c1-26-22-30(23-27(2)36(26)33(37)39-34(3,4)5)20-21-38-32-18-16-31(17-19-32)35(24-28-12-8-6-9-13-28)25-29-14-10-7-11-15-29;1-7-5-3-4-6-8(7)2/h6-15,26-27,30-32H,16-25H2,1-5H3;3-6H,1-2H3/t26-,27+,30?,31?,32?;. The van der Waals surface area contributed by atoms with Crippen LogP contribution in [0.15, 0.2) is 84.9 Å². The van der Waals surface area contributed by atoms with Gasteiger partial charge in [0.15, 0.2) is 0 Å². The average molecular weight is 641 g/mol. The number of aryl methyl sites for hydroxylation is 2. The van der Waals surface area contributed by atoms with Gasteiger partial charge in [-0.1, -0.05) is 84.9 Å². The average Bonchev–Trinajstić information content (AvgIpc) is 3.03. The normalized spacial score (nSPS) is 23.1. The van der Waals surface area contributed by atoms with E-state index in [1.54, 1.807) is 0 Å². The maximum absolute atomic E-state index is 12.7. The molecule has 1 amide bonds. The summed E-state index contributed by atoms with van der Waals surface area (Å²) >= 11 is 0. The van der Waals surface area contributed by atoms with Crippen molar-refractivity contribution in [1.82, 2.24) is 9.80 Å². The summed E-state index contributed by atoms with van der Waals surface area (Å²) in [5.41, 5.74) is 5.04. The van der Waals surface area contributed by atoms with Crippen LogP contribution in [0.4, 0.5) is 4.79 Å². The number of benzene rings is 3. The van der Waals surface area contributed by atoms with Crippen LogP contribution in [0.25, 0.3) is 0 Å². The molecule has 1 unspecified atom stereocenters. The van der Waals surface area contributed by atoms with Crippen LogP contribution in [0.2, 0.25) is 0 Å².